The standard InChI is InChI=1S/C15H15ClO5S/c1-7(15(19)21-3)4-9(17)12-5-8-11(22-12)6-10(20-2)14(18)13(8)16/h5-7,18H,4H2,1-3H3/t7-/m0/s1. The van der Waals surface area contributed by atoms with Gasteiger partial charge in [0.1, 0.15) is 0 Å². The van der Waals surface area contributed by atoms with E-state index in [1.807, 2.05) is 0 Å². The van der Waals surface area contributed by atoms with Crippen LogP contribution < -0.4 is 4.74 Å². The van der Waals surface area contributed by atoms with E-state index in [0.717, 1.165) is 4.70 Å². The molecule has 2 aromatic rings. The molecule has 0 aliphatic heterocycles. The first-order valence-corrected chi connectivity index (χ1v) is 7.68. The Morgan fingerprint density at radius 2 is 2.05 bits per heavy atom. The van der Waals surface area contributed by atoms with Gasteiger partial charge < -0.3 is 14.6 Å². The van der Waals surface area contributed by atoms with Crippen LogP contribution in [-0.4, -0.2) is 31.1 Å². The van der Waals surface area contributed by atoms with Crippen LogP contribution in [-0.2, 0) is 9.53 Å². The molecule has 0 saturated heterocycles. The fourth-order valence-corrected chi connectivity index (χ4v) is 3.42. The van der Waals surface area contributed by atoms with Gasteiger partial charge in [0.15, 0.2) is 17.3 Å². The minimum atomic E-state index is -0.513. The number of phenols is 1. The number of ketones is 1. The van der Waals surface area contributed by atoms with Crippen molar-refractivity contribution in [3.05, 3.63) is 22.0 Å². The van der Waals surface area contributed by atoms with Crippen LogP contribution in [0.1, 0.15) is 23.0 Å². The predicted molar refractivity (Wildman–Crippen MR) is 85.2 cm³/mol. The topological polar surface area (TPSA) is 72.8 Å². The van der Waals surface area contributed by atoms with E-state index < -0.39 is 11.9 Å². The zero-order chi connectivity index (χ0) is 16.4. The number of thiophene rings is 1. The SMILES string of the molecule is COC(=O)[C@@H](C)CC(=O)c1cc2c(Cl)c(O)c(OC)cc2s1. The Kier molecular flexibility index (Phi) is 4.93. The first-order chi connectivity index (χ1) is 10.4. The molecule has 0 amide bonds. The highest BCUT2D eigenvalue weighted by atomic mass is 35.5. The van der Waals surface area contributed by atoms with Crippen molar-refractivity contribution in [3.63, 3.8) is 0 Å². The molecule has 1 aromatic heterocycles. The molecule has 2 rings (SSSR count). The highest BCUT2D eigenvalue weighted by Gasteiger charge is 2.21. The summed E-state index contributed by atoms with van der Waals surface area (Å²) in [5.74, 6) is -1.01. The summed E-state index contributed by atoms with van der Waals surface area (Å²) in [6.07, 6.45) is 0.0558. The molecule has 0 bridgehead atoms. The molecule has 0 aliphatic rings. The van der Waals surface area contributed by atoms with E-state index in [2.05, 4.69) is 4.74 Å². The van der Waals surface area contributed by atoms with Gasteiger partial charge in [0.2, 0.25) is 0 Å². The average Bonchev–Trinajstić information content (AvgIpc) is 2.94. The van der Waals surface area contributed by atoms with Crippen LogP contribution in [0, 0.1) is 5.92 Å². The van der Waals surface area contributed by atoms with Gasteiger partial charge in [-0.2, -0.15) is 0 Å². The number of aromatic hydroxyl groups is 1. The normalized spacial score (nSPS) is 12.2. The second-order valence-corrected chi connectivity index (χ2v) is 6.28. The lowest BCUT2D eigenvalue weighted by Gasteiger charge is -2.06. The molecule has 22 heavy (non-hydrogen) atoms. The van der Waals surface area contributed by atoms with Crippen LogP contribution in [0.15, 0.2) is 12.1 Å². The van der Waals surface area contributed by atoms with E-state index in [0.29, 0.717) is 10.3 Å². The number of hydrogen-bond donors (Lipinski definition) is 1. The number of benzene rings is 1. The van der Waals surface area contributed by atoms with Crippen LogP contribution in [0.5, 0.6) is 11.5 Å². The number of methoxy groups -OCH3 is 2. The number of esters is 1. The Labute approximate surface area is 136 Å². The van der Waals surface area contributed by atoms with Crippen molar-refractivity contribution in [2.24, 2.45) is 5.92 Å². The van der Waals surface area contributed by atoms with Crippen molar-refractivity contribution in [2.45, 2.75) is 13.3 Å². The molecule has 0 spiro atoms. The Morgan fingerprint density at radius 1 is 1.36 bits per heavy atom. The summed E-state index contributed by atoms with van der Waals surface area (Å²) >= 11 is 7.34. The Hall–Kier alpha value is -1.79. The van der Waals surface area contributed by atoms with E-state index >= 15 is 0 Å². The summed E-state index contributed by atoms with van der Waals surface area (Å²) in [6.45, 7) is 1.64. The van der Waals surface area contributed by atoms with Gasteiger partial charge in [0, 0.05) is 22.6 Å². The number of carbonyl (C=O) groups is 2. The summed E-state index contributed by atoms with van der Waals surface area (Å²) < 4.78 is 10.4. The smallest absolute Gasteiger partial charge is 0.308 e. The number of rotatable bonds is 5. The number of phenolic OH excluding ortho intramolecular Hbond substituents is 1. The zero-order valence-electron chi connectivity index (χ0n) is 12.3. The third-order valence-corrected chi connectivity index (χ3v) is 4.80. The maximum Gasteiger partial charge on any atom is 0.308 e. The van der Waals surface area contributed by atoms with E-state index in [1.165, 1.54) is 25.6 Å². The molecule has 1 heterocycles. The largest absolute Gasteiger partial charge is 0.503 e. The molecule has 118 valence electrons. The monoisotopic (exact) mass is 342 g/mol. The molecule has 0 unspecified atom stereocenters. The molecule has 0 aliphatic carbocycles. The molecule has 1 N–H and O–H groups in total. The van der Waals surface area contributed by atoms with Gasteiger partial charge in [-0.15, -0.1) is 11.3 Å². The number of carbonyl (C=O) groups excluding carboxylic acids is 2. The first kappa shape index (κ1) is 16.6. The molecule has 1 aromatic carbocycles. The number of halogens is 1. The van der Waals surface area contributed by atoms with E-state index in [4.69, 9.17) is 16.3 Å². The van der Waals surface area contributed by atoms with Crippen LogP contribution in [0.2, 0.25) is 5.02 Å². The van der Waals surface area contributed by atoms with Gasteiger partial charge in [-0.1, -0.05) is 18.5 Å². The third kappa shape index (κ3) is 3.03. The molecule has 0 fully saturated rings. The molecule has 5 nitrogen and oxygen atoms in total. The summed E-state index contributed by atoms with van der Waals surface area (Å²) in [4.78, 5) is 24.1. The van der Waals surface area contributed by atoms with Gasteiger partial charge in [0.05, 0.1) is 30.0 Å². The molecule has 7 heteroatoms. The Morgan fingerprint density at radius 3 is 2.64 bits per heavy atom. The Balaban J connectivity index is 2.35. The van der Waals surface area contributed by atoms with Crippen molar-refractivity contribution in [3.8, 4) is 11.5 Å². The average molecular weight is 343 g/mol. The lowest BCUT2D eigenvalue weighted by molar-refractivity contribution is -0.144. The van der Waals surface area contributed by atoms with Gasteiger partial charge in [-0.25, -0.2) is 0 Å². The van der Waals surface area contributed by atoms with Gasteiger partial charge in [-0.3, -0.25) is 9.59 Å². The van der Waals surface area contributed by atoms with Gasteiger partial charge in [-0.05, 0) is 6.07 Å². The lowest BCUT2D eigenvalue weighted by atomic mass is 10.0. The maximum absolute atomic E-state index is 12.3. The summed E-state index contributed by atoms with van der Waals surface area (Å²) in [6, 6.07) is 3.25. The molecular formula is C15H15ClO5S. The zero-order valence-corrected chi connectivity index (χ0v) is 13.9. The van der Waals surface area contributed by atoms with E-state index in [9.17, 15) is 14.7 Å². The van der Waals surface area contributed by atoms with Crippen LogP contribution in [0.25, 0.3) is 10.1 Å². The van der Waals surface area contributed by atoms with Crippen molar-refractivity contribution in [1.82, 2.24) is 0 Å². The number of fused-ring (bicyclic) bond motifs is 1. The molecular weight excluding hydrogens is 328 g/mol. The summed E-state index contributed by atoms with van der Waals surface area (Å²) in [5.41, 5.74) is 0. The predicted octanol–water partition coefficient (Wildman–Crippen LogP) is 3.65. The highest BCUT2D eigenvalue weighted by molar-refractivity contribution is 7.21. The van der Waals surface area contributed by atoms with Crippen molar-refractivity contribution in [2.75, 3.05) is 14.2 Å². The minimum absolute atomic E-state index is 0.0558. The highest BCUT2D eigenvalue weighted by Crippen LogP contribution is 2.43. The van der Waals surface area contributed by atoms with Crippen LogP contribution in [0.3, 0.4) is 0 Å². The van der Waals surface area contributed by atoms with Crippen molar-refractivity contribution < 1.29 is 24.2 Å². The van der Waals surface area contributed by atoms with Crippen LogP contribution >= 0.6 is 22.9 Å². The molecule has 0 saturated carbocycles. The second-order valence-electron chi connectivity index (χ2n) is 4.82. The fourth-order valence-electron chi connectivity index (χ4n) is 2.06. The van der Waals surface area contributed by atoms with E-state index in [1.54, 1.807) is 19.1 Å². The quantitative estimate of drug-likeness (QED) is 0.663. The number of Topliss-reactive ketones (excluding diaryl/α,β-unsaturated/α-hetero) is 1. The Bertz CT molecular complexity index is 737. The number of ether oxygens (including phenoxy) is 2. The first-order valence-electron chi connectivity index (χ1n) is 6.49. The van der Waals surface area contributed by atoms with Crippen LogP contribution in [0.4, 0.5) is 0 Å². The minimum Gasteiger partial charge on any atom is -0.503 e. The second kappa shape index (κ2) is 6.54. The summed E-state index contributed by atoms with van der Waals surface area (Å²) in [5, 5.41) is 10.6. The number of hydrogen-bond acceptors (Lipinski definition) is 6. The van der Waals surface area contributed by atoms with E-state index in [-0.39, 0.29) is 28.7 Å². The summed E-state index contributed by atoms with van der Waals surface area (Å²) in [7, 11) is 2.71. The van der Waals surface area contributed by atoms with Crippen molar-refractivity contribution >= 4 is 44.8 Å². The maximum atomic E-state index is 12.3. The lowest BCUT2D eigenvalue weighted by Crippen LogP contribution is -2.16. The van der Waals surface area contributed by atoms with Gasteiger partial charge in [0.25, 0.3) is 0 Å². The van der Waals surface area contributed by atoms with Gasteiger partial charge >= 0.3 is 5.97 Å². The fraction of sp³-hybridized carbons (Fsp3) is 0.333. The molecule has 1 atom stereocenters. The van der Waals surface area contributed by atoms with Crippen molar-refractivity contribution in [1.29, 1.82) is 0 Å². The molecule has 0 radical (unpaired) electrons. The third-order valence-electron chi connectivity index (χ3n) is 3.29.